The molecule has 1 aromatic rings. The van der Waals surface area contributed by atoms with Gasteiger partial charge in [-0.3, -0.25) is 9.78 Å². The van der Waals surface area contributed by atoms with Gasteiger partial charge in [-0.2, -0.15) is 0 Å². The molecule has 1 aliphatic carbocycles. The summed E-state index contributed by atoms with van der Waals surface area (Å²) in [7, 11) is 0. The van der Waals surface area contributed by atoms with Gasteiger partial charge in [-0.1, -0.05) is 26.3 Å². The zero-order valence-corrected chi connectivity index (χ0v) is 14.9. The van der Waals surface area contributed by atoms with Crippen molar-refractivity contribution in [2.45, 2.75) is 39.0 Å². The second-order valence-electron chi connectivity index (χ2n) is 7.75. The largest absolute Gasteiger partial charge is 0.481 e. The van der Waals surface area contributed by atoms with Crippen LogP contribution >= 0.6 is 0 Å². The molecule has 2 N–H and O–H groups in total. The number of nitrogens with zero attached hydrogens (tertiary/aromatic N) is 2. The molecule has 1 saturated heterocycles. The summed E-state index contributed by atoms with van der Waals surface area (Å²) in [6.45, 7) is 5.67. The van der Waals surface area contributed by atoms with Crippen LogP contribution in [0.3, 0.4) is 0 Å². The maximum absolute atomic E-state index is 12.6. The second kappa shape index (κ2) is 7.02. The third-order valence-corrected chi connectivity index (χ3v) is 5.97. The molecule has 3 rings (SSSR count). The Morgan fingerprint density at radius 2 is 2.28 bits per heavy atom. The smallest absolute Gasteiger partial charge is 0.317 e. The SMILES string of the molecule is CC(C)C(CNC(=O)N1C[C@@H]2CCC[C@@]2(C(=O)O)C1)c1cccnc1. The van der Waals surface area contributed by atoms with E-state index in [0.717, 1.165) is 18.4 Å². The molecule has 6 nitrogen and oxygen atoms in total. The van der Waals surface area contributed by atoms with E-state index < -0.39 is 11.4 Å². The first-order valence-electron chi connectivity index (χ1n) is 9.10. The van der Waals surface area contributed by atoms with E-state index in [2.05, 4.69) is 24.1 Å². The molecule has 3 atom stereocenters. The first kappa shape index (κ1) is 17.7. The maximum atomic E-state index is 12.6. The van der Waals surface area contributed by atoms with E-state index in [0.29, 0.717) is 32.0 Å². The predicted molar refractivity (Wildman–Crippen MR) is 94.2 cm³/mol. The number of carbonyl (C=O) groups is 2. The van der Waals surface area contributed by atoms with Gasteiger partial charge in [0.05, 0.1) is 5.41 Å². The van der Waals surface area contributed by atoms with Crippen LogP contribution < -0.4 is 5.32 Å². The van der Waals surface area contributed by atoms with Gasteiger partial charge in [0.15, 0.2) is 0 Å². The summed E-state index contributed by atoms with van der Waals surface area (Å²) >= 11 is 0. The van der Waals surface area contributed by atoms with Gasteiger partial charge in [-0.05, 0) is 36.3 Å². The molecular formula is C19H27N3O3. The number of fused-ring (bicyclic) bond motifs is 1. The van der Waals surface area contributed by atoms with E-state index in [9.17, 15) is 14.7 Å². The lowest BCUT2D eigenvalue weighted by Gasteiger charge is -2.25. The second-order valence-corrected chi connectivity index (χ2v) is 7.75. The molecule has 0 bridgehead atoms. The number of hydrogen-bond acceptors (Lipinski definition) is 3. The van der Waals surface area contributed by atoms with E-state index in [1.54, 1.807) is 11.1 Å². The Morgan fingerprint density at radius 3 is 2.88 bits per heavy atom. The molecule has 136 valence electrons. The topological polar surface area (TPSA) is 82.5 Å². The lowest BCUT2D eigenvalue weighted by molar-refractivity contribution is -0.149. The van der Waals surface area contributed by atoms with Crippen molar-refractivity contribution in [3.8, 4) is 0 Å². The van der Waals surface area contributed by atoms with Crippen molar-refractivity contribution in [3.05, 3.63) is 30.1 Å². The van der Waals surface area contributed by atoms with Crippen LogP contribution in [0.4, 0.5) is 4.79 Å². The van der Waals surface area contributed by atoms with Crippen LogP contribution in [0.2, 0.25) is 0 Å². The van der Waals surface area contributed by atoms with E-state index in [-0.39, 0.29) is 17.9 Å². The summed E-state index contributed by atoms with van der Waals surface area (Å²) in [6, 6.07) is 3.79. The summed E-state index contributed by atoms with van der Waals surface area (Å²) in [5.74, 6) is -0.100. The highest BCUT2D eigenvalue weighted by Gasteiger charge is 2.55. The first-order chi connectivity index (χ1) is 11.9. The Bertz CT molecular complexity index is 634. The Hall–Kier alpha value is -2.11. The summed E-state index contributed by atoms with van der Waals surface area (Å²) in [5, 5.41) is 12.7. The lowest BCUT2D eigenvalue weighted by atomic mass is 9.81. The average Bonchev–Trinajstić information content (AvgIpc) is 3.14. The fraction of sp³-hybridized carbons (Fsp3) is 0.632. The van der Waals surface area contributed by atoms with Crippen LogP contribution in [-0.4, -0.2) is 46.6 Å². The minimum absolute atomic E-state index is 0.0926. The van der Waals surface area contributed by atoms with Crippen LogP contribution in [0.25, 0.3) is 0 Å². The molecule has 2 heterocycles. The number of carboxylic acids is 1. The molecule has 1 unspecified atom stereocenters. The van der Waals surface area contributed by atoms with Gasteiger partial charge in [-0.25, -0.2) is 4.79 Å². The molecule has 2 fully saturated rings. The number of aromatic nitrogens is 1. The van der Waals surface area contributed by atoms with Crippen molar-refractivity contribution in [1.29, 1.82) is 0 Å². The van der Waals surface area contributed by atoms with Gasteiger partial charge in [-0.15, -0.1) is 0 Å². The van der Waals surface area contributed by atoms with Crippen molar-refractivity contribution in [2.75, 3.05) is 19.6 Å². The normalized spacial score (nSPS) is 26.5. The zero-order chi connectivity index (χ0) is 18.0. The standard InChI is InChI=1S/C19H27N3O3/c1-13(2)16(14-5-4-8-20-9-14)10-21-18(25)22-11-15-6-3-7-19(15,12-22)17(23)24/h4-5,8-9,13,15-16H,3,6-7,10-12H2,1-2H3,(H,21,25)(H,23,24)/t15-,16?,19+/m0/s1. The van der Waals surface area contributed by atoms with Gasteiger partial charge >= 0.3 is 12.0 Å². The van der Waals surface area contributed by atoms with Gasteiger partial charge in [0.2, 0.25) is 0 Å². The van der Waals surface area contributed by atoms with E-state index in [1.807, 2.05) is 18.3 Å². The van der Waals surface area contributed by atoms with Crippen LogP contribution in [0.1, 0.15) is 44.6 Å². The molecule has 1 saturated carbocycles. The highest BCUT2D eigenvalue weighted by molar-refractivity contribution is 5.80. The number of rotatable bonds is 5. The Morgan fingerprint density at radius 1 is 1.48 bits per heavy atom. The number of nitrogens with one attached hydrogen (secondary N) is 1. The third kappa shape index (κ3) is 3.34. The zero-order valence-electron chi connectivity index (χ0n) is 14.9. The van der Waals surface area contributed by atoms with Crippen molar-refractivity contribution < 1.29 is 14.7 Å². The summed E-state index contributed by atoms with van der Waals surface area (Å²) < 4.78 is 0. The summed E-state index contributed by atoms with van der Waals surface area (Å²) in [5.41, 5.74) is 0.385. The number of carboxylic acid groups (broad SMARTS) is 1. The van der Waals surface area contributed by atoms with Crippen LogP contribution in [0, 0.1) is 17.3 Å². The van der Waals surface area contributed by atoms with Gasteiger partial charge in [0.25, 0.3) is 0 Å². The molecule has 0 aromatic carbocycles. The van der Waals surface area contributed by atoms with Crippen LogP contribution in [-0.2, 0) is 4.79 Å². The first-order valence-corrected chi connectivity index (χ1v) is 9.10. The number of hydrogen-bond donors (Lipinski definition) is 2. The van der Waals surface area contributed by atoms with E-state index >= 15 is 0 Å². The van der Waals surface area contributed by atoms with Crippen molar-refractivity contribution in [1.82, 2.24) is 15.2 Å². The van der Waals surface area contributed by atoms with Crippen molar-refractivity contribution >= 4 is 12.0 Å². The molecule has 2 aliphatic rings. The Labute approximate surface area is 148 Å². The number of likely N-dealkylation sites (tertiary alicyclic amines) is 1. The highest BCUT2D eigenvalue weighted by Crippen LogP contribution is 2.48. The third-order valence-electron chi connectivity index (χ3n) is 5.97. The molecule has 25 heavy (non-hydrogen) atoms. The van der Waals surface area contributed by atoms with Gasteiger partial charge < -0.3 is 15.3 Å². The lowest BCUT2D eigenvalue weighted by Crippen LogP contribution is -2.43. The molecule has 0 radical (unpaired) electrons. The number of carbonyl (C=O) groups excluding carboxylic acids is 1. The fourth-order valence-corrected chi connectivity index (χ4v) is 4.44. The predicted octanol–water partition coefficient (Wildman–Crippen LogP) is 2.72. The van der Waals surface area contributed by atoms with E-state index in [1.165, 1.54) is 0 Å². The number of urea groups is 1. The van der Waals surface area contributed by atoms with Crippen molar-refractivity contribution in [3.63, 3.8) is 0 Å². The van der Waals surface area contributed by atoms with Crippen molar-refractivity contribution in [2.24, 2.45) is 17.3 Å². The highest BCUT2D eigenvalue weighted by atomic mass is 16.4. The monoisotopic (exact) mass is 345 g/mol. The van der Waals surface area contributed by atoms with Gasteiger partial charge in [0, 0.05) is 37.9 Å². The molecule has 2 amide bonds. The van der Waals surface area contributed by atoms with E-state index in [4.69, 9.17) is 0 Å². The molecule has 6 heteroatoms. The minimum atomic E-state index is -0.749. The molecule has 0 spiro atoms. The van der Waals surface area contributed by atoms with Crippen LogP contribution in [0.5, 0.6) is 0 Å². The molecular weight excluding hydrogens is 318 g/mol. The summed E-state index contributed by atoms with van der Waals surface area (Å²) in [4.78, 5) is 30.2. The molecule has 1 aromatic heterocycles. The average molecular weight is 345 g/mol. The molecule has 1 aliphatic heterocycles. The summed E-state index contributed by atoms with van der Waals surface area (Å²) in [6.07, 6.45) is 6.12. The number of amides is 2. The van der Waals surface area contributed by atoms with Gasteiger partial charge in [0.1, 0.15) is 0 Å². The Kier molecular flexibility index (Phi) is 4.97. The quantitative estimate of drug-likeness (QED) is 0.859. The minimum Gasteiger partial charge on any atom is -0.481 e. The number of pyridine rings is 1. The Balaban J connectivity index is 1.62. The fourth-order valence-electron chi connectivity index (χ4n) is 4.44. The maximum Gasteiger partial charge on any atom is 0.317 e. The van der Waals surface area contributed by atoms with Crippen LogP contribution in [0.15, 0.2) is 24.5 Å². The number of aliphatic carboxylic acids is 1.